The van der Waals surface area contributed by atoms with Crippen molar-refractivity contribution < 1.29 is 0 Å². The molecule has 0 bridgehead atoms. The van der Waals surface area contributed by atoms with Gasteiger partial charge in [-0.05, 0) is 50.8 Å². The van der Waals surface area contributed by atoms with Crippen LogP contribution >= 0.6 is 0 Å². The lowest BCUT2D eigenvalue weighted by Crippen LogP contribution is -1.90. The molecule has 0 aromatic carbocycles. The molecule has 0 unspecified atom stereocenters. The van der Waals surface area contributed by atoms with Gasteiger partial charge < -0.3 is 0 Å². The number of hydrogen-bond acceptors (Lipinski definition) is 0. The molecule has 0 aliphatic heterocycles. The van der Waals surface area contributed by atoms with Gasteiger partial charge >= 0.3 is 0 Å². The standard InChI is InChI=1S/C14H22.C2H6/c1-7-9-10-13(6)14(11(3)4)12(5)8-2;1-2/h8-10H,3,7H2,1-2,4-6H3;1-2H3/b10-9-,12-8-,14-13+;. The van der Waals surface area contributed by atoms with Crippen molar-refractivity contribution in [3.05, 3.63) is 47.1 Å². The average Bonchev–Trinajstić information content (AvgIpc) is 2.28. The Balaban J connectivity index is 0. The summed E-state index contributed by atoms with van der Waals surface area (Å²) in [6.45, 7) is 18.6. The molecule has 0 saturated carbocycles. The smallest absolute Gasteiger partial charge is 0.0178 e. The second-order valence-electron chi connectivity index (χ2n) is 3.62. The Morgan fingerprint density at radius 2 is 1.62 bits per heavy atom. The quantitative estimate of drug-likeness (QED) is 0.522. The van der Waals surface area contributed by atoms with Gasteiger partial charge in [0, 0.05) is 0 Å². The normalized spacial score (nSPS) is 13.1. The van der Waals surface area contributed by atoms with Gasteiger partial charge in [-0.2, -0.15) is 0 Å². The first-order chi connectivity index (χ1) is 7.54. The van der Waals surface area contributed by atoms with E-state index < -0.39 is 0 Å². The van der Waals surface area contributed by atoms with Gasteiger partial charge in [-0.15, -0.1) is 0 Å². The van der Waals surface area contributed by atoms with Crippen LogP contribution in [0.5, 0.6) is 0 Å². The van der Waals surface area contributed by atoms with Crippen LogP contribution in [0.25, 0.3) is 0 Å². The van der Waals surface area contributed by atoms with E-state index in [0.29, 0.717) is 0 Å². The van der Waals surface area contributed by atoms with E-state index in [1.54, 1.807) is 0 Å². The monoisotopic (exact) mass is 220 g/mol. The van der Waals surface area contributed by atoms with Crippen LogP contribution in [0, 0.1) is 0 Å². The summed E-state index contributed by atoms with van der Waals surface area (Å²) in [6.07, 6.45) is 7.57. The Morgan fingerprint density at radius 1 is 1.12 bits per heavy atom. The summed E-state index contributed by atoms with van der Waals surface area (Å²) in [7, 11) is 0. The minimum Gasteiger partial charge on any atom is -0.0955 e. The third kappa shape index (κ3) is 6.44. The molecule has 0 radical (unpaired) electrons. The van der Waals surface area contributed by atoms with Crippen LogP contribution in [0.3, 0.4) is 0 Å². The highest BCUT2D eigenvalue weighted by Crippen LogP contribution is 2.22. The summed E-state index contributed by atoms with van der Waals surface area (Å²) < 4.78 is 0. The van der Waals surface area contributed by atoms with Crippen LogP contribution in [0.15, 0.2) is 47.1 Å². The zero-order valence-corrected chi connectivity index (χ0v) is 12.1. The molecule has 0 heterocycles. The molecular formula is C16H28. The molecule has 0 fully saturated rings. The fourth-order valence-electron chi connectivity index (χ4n) is 1.51. The summed E-state index contributed by atoms with van der Waals surface area (Å²) in [5.74, 6) is 0. The maximum atomic E-state index is 4.02. The lowest BCUT2D eigenvalue weighted by atomic mass is 9.95. The van der Waals surface area contributed by atoms with Gasteiger partial charge in [0.1, 0.15) is 0 Å². The molecular weight excluding hydrogens is 192 g/mol. The van der Waals surface area contributed by atoms with Crippen molar-refractivity contribution in [3.63, 3.8) is 0 Å². The van der Waals surface area contributed by atoms with Crippen molar-refractivity contribution in [2.24, 2.45) is 0 Å². The van der Waals surface area contributed by atoms with Gasteiger partial charge in [0.05, 0.1) is 0 Å². The van der Waals surface area contributed by atoms with Crippen molar-refractivity contribution in [2.75, 3.05) is 0 Å². The molecule has 0 heteroatoms. The van der Waals surface area contributed by atoms with E-state index in [1.165, 1.54) is 16.7 Å². The average molecular weight is 220 g/mol. The van der Waals surface area contributed by atoms with Gasteiger partial charge in [0.25, 0.3) is 0 Å². The molecule has 0 aliphatic rings. The van der Waals surface area contributed by atoms with Crippen LogP contribution in [0.1, 0.15) is 54.9 Å². The molecule has 0 nitrogen and oxygen atoms in total. The third-order valence-corrected chi connectivity index (χ3v) is 2.25. The van der Waals surface area contributed by atoms with Crippen molar-refractivity contribution in [2.45, 2.75) is 54.9 Å². The molecule has 0 aromatic heterocycles. The molecule has 0 atom stereocenters. The maximum Gasteiger partial charge on any atom is -0.0178 e. The zero-order chi connectivity index (χ0) is 13.1. The van der Waals surface area contributed by atoms with Gasteiger partial charge in [-0.3, -0.25) is 0 Å². The van der Waals surface area contributed by atoms with E-state index in [0.717, 1.165) is 12.0 Å². The fraction of sp³-hybridized carbons (Fsp3) is 0.500. The predicted octanol–water partition coefficient (Wildman–Crippen LogP) is 5.84. The van der Waals surface area contributed by atoms with Gasteiger partial charge in [-0.1, -0.05) is 51.2 Å². The SMILES string of the molecule is C=C(C)C(/C(C)=C\C)=C(C)\C=C/CC.CC. The van der Waals surface area contributed by atoms with Crippen molar-refractivity contribution in [1.29, 1.82) is 0 Å². The minimum atomic E-state index is 1.08. The fourth-order valence-corrected chi connectivity index (χ4v) is 1.51. The van der Waals surface area contributed by atoms with Crippen LogP contribution in [-0.2, 0) is 0 Å². The highest BCUT2D eigenvalue weighted by molar-refractivity contribution is 5.49. The molecule has 92 valence electrons. The highest BCUT2D eigenvalue weighted by atomic mass is 14.1. The summed E-state index contributed by atoms with van der Waals surface area (Å²) in [4.78, 5) is 0. The number of rotatable bonds is 4. The second-order valence-corrected chi connectivity index (χ2v) is 3.62. The lowest BCUT2D eigenvalue weighted by Gasteiger charge is -2.10. The van der Waals surface area contributed by atoms with Gasteiger partial charge in [-0.25, -0.2) is 0 Å². The second kappa shape index (κ2) is 10.5. The Bertz CT molecular complexity index is 285. The predicted molar refractivity (Wildman–Crippen MR) is 77.7 cm³/mol. The first-order valence-corrected chi connectivity index (χ1v) is 6.21. The van der Waals surface area contributed by atoms with Crippen molar-refractivity contribution in [3.8, 4) is 0 Å². The van der Waals surface area contributed by atoms with E-state index in [-0.39, 0.29) is 0 Å². The maximum absolute atomic E-state index is 4.02. The molecule has 0 saturated heterocycles. The molecule has 0 aliphatic carbocycles. The summed E-state index contributed by atoms with van der Waals surface area (Å²) >= 11 is 0. The molecule has 0 rings (SSSR count). The highest BCUT2D eigenvalue weighted by Gasteiger charge is 2.02. The number of allylic oxidation sites excluding steroid dienone is 7. The molecule has 16 heavy (non-hydrogen) atoms. The minimum absolute atomic E-state index is 1.08. The van der Waals surface area contributed by atoms with Crippen LogP contribution in [0.2, 0.25) is 0 Å². The molecule has 0 spiro atoms. The van der Waals surface area contributed by atoms with Gasteiger partial charge in [0.15, 0.2) is 0 Å². The van der Waals surface area contributed by atoms with E-state index >= 15 is 0 Å². The van der Waals surface area contributed by atoms with E-state index in [9.17, 15) is 0 Å². The Hall–Kier alpha value is -1.04. The summed E-state index contributed by atoms with van der Waals surface area (Å²) in [5.41, 5.74) is 5.03. The molecule has 0 aromatic rings. The van der Waals surface area contributed by atoms with Gasteiger partial charge in [0.2, 0.25) is 0 Å². The lowest BCUT2D eigenvalue weighted by molar-refractivity contribution is 1.20. The van der Waals surface area contributed by atoms with Crippen molar-refractivity contribution in [1.82, 2.24) is 0 Å². The van der Waals surface area contributed by atoms with E-state index in [1.807, 2.05) is 13.8 Å². The Kier molecular flexibility index (Phi) is 11.4. The first-order valence-electron chi connectivity index (χ1n) is 6.21. The Labute approximate surface area is 102 Å². The number of hydrogen-bond donors (Lipinski definition) is 0. The van der Waals surface area contributed by atoms with Crippen LogP contribution in [0.4, 0.5) is 0 Å². The molecule has 0 amide bonds. The van der Waals surface area contributed by atoms with Crippen LogP contribution in [-0.4, -0.2) is 0 Å². The summed E-state index contributed by atoms with van der Waals surface area (Å²) in [5, 5.41) is 0. The van der Waals surface area contributed by atoms with Crippen molar-refractivity contribution >= 4 is 0 Å². The van der Waals surface area contributed by atoms with E-state index in [4.69, 9.17) is 0 Å². The Morgan fingerprint density at radius 3 is 1.94 bits per heavy atom. The summed E-state index contributed by atoms with van der Waals surface area (Å²) in [6, 6.07) is 0. The zero-order valence-electron chi connectivity index (χ0n) is 12.1. The largest absolute Gasteiger partial charge is 0.0955 e. The third-order valence-electron chi connectivity index (χ3n) is 2.25. The first kappa shape index (κ1) is 17.4. The van der Waals surface area contributed by atoms with Crippen LogP contribution < -0.4 is 0 Å². The topological polar surface area (TPSA) is 0 Å². The van der Waals surface area contributed by atoms with E-state index in [2.05, 4.69) is 59.4 Å². The molecule has 0 N–H and O–H groups in total.